The summed E-state index contributed by atoms with van der Waals surface area (Å²) in [5, 5.41) is 10.3. The Kier molecular flexibility index (Phi) is 6.20. The molecule has 0 fully saturated rings. The molecule has 2 heterocycles. The van der Waals surface area contributed by atoms with Gasteiger partial charge in [-0.2, -0.15) is 5.10 Å². The highest BCUT2D eigenvalue weighted by Crippen LogP contribution is 2.16. The summed E-state index contributed by atoms with van der Waals surface area (Å²) in [4.78, 5) is 16.9. The average molecular weight is 419 g/mol. The molecule has 1 N–H and O–H groups in total. The van der Waals surface area contributed by atoms with Crippen molar-refractivity contribution in [3.05, 3.63) is 99.8 Å². The third-order valence-corrected chi connectivity index (χ3v) is 5.44. The minimum Gasteiger partial charge on any atom is -0.487 e. The van der Waals surface area contributed by atoms with Crippen LogP contribution >= 0.6 is 11.3 Å². The van der Waals surface area contributed by atoms with E-state index in [0.29, 0.717) is 31.0 Å². The number of aromatic nitrogens is 3. The molecule has 0 aliphatic heterocycles. The Morgan fingerprint density at radius 1 is 1.10 bits per heavy atom. The van der Waals surface area contributed by atoms with E-state index in [1.54, 1.807) is 41.8 Å². The van der Waals surface area contributed by atoms with E-state index < -0.39 is 0 Å². The fraction of sp³-hybridized carbons (Fsp3) is 0.174. The van der Waals surface area contributed by atoms with Crippen molar-refractivity contribution in [3.8, 4) is 5.75 Å². The van der Waals surface area contributed by atoms with Gasteiger partial charge in [-0.25, -0.2) is 4.98 Å². The summed E-state index contributed by atoms with van der Waals surface area (Å²) in [6.07, 6.45) is 3.68. The maximum atomic E-state index is 12.6. The zero-order valence-corrected chi connectivity index (χ0v) is 17.4. The van der Waals surface area contributed by atoms with Crippen molar-refractivity contribution >= 4 is 17.2 Å². The van der Waals surface area contributed by atoms with Crippen molar-refractivity contribution in [2.24, 2.45) is 0 Å². The topological polar surface area (TPSA) is 69.0 Å². The molecule has 2 aromatic heterocycles. The Labute approximate surface area is 179 Å². The molecule has 4 rings (SSSR count). The number of carbonyl (C=O) groups excluding carboxylic acids is 1. The first-order valence-corrected chi connectivity index (χ1v) is 10.5. The number of aryl methyl sites for hydroxylation is 1. The summed E-state index contributed by atoms with van der Waals surface area (Å²) in [6.45, 7) is 3.52. The van der Waals surface area contributed by atoms with Crippen LogP contribution in [0.4, 0.5) is 0 Å². The molecule has 0 bridgehead atoms. The lowest BCUT2D eigenvalue weighted by Crippen LogP contribution is -2.23. The lowest BCUT2D eigenvalue weighted by atomic mass is 10.1. The molecule has 0 saturated heterocycles. The third-order valence-electron chi connectivity index (χ3n) is 4.62. The van der Waals surface area contributed by atoms with Crippen LogP contribution in [0.1, 0.15) is 32.2 Å². The zero-order valence-electron chi connectivity index (χ0n) is 16.6. The van der Waals surface area contributed by atoms with E-state index in [1.165, 1.54) is 0 Å². The van der Waals surface area contributed by atoms with Gasteiger partial charge in [0.25, 0.3) is 5.91 Å². The van der Waals surface area contributed by atoms with Crippen LogP contribution in [0.2, 0.25) is 0 Å². The lowest BCUT2D eigenvalue weighted by molar-refractivity contribution is 0.0951. The largest absolute Gasteiger partial charge is 0.487 e. The summed E-state index contributed by atoms with van der Waals surface area (Å²) in [5.74, 6) is 0.590. The van der Waals surface area contributed by atoms with Crippen molar-refractivity contribution < 1.29 is 9.53 Å². The van der Waals surface area contributed by atoms with Crippen molar-refractivity contribution in [3.63, 3.8) is 0 Å². The quantitative estimate of drug-likeness (QED) is 0.466. The van der Waals surface area contributed by atoms with Gasteiger partial charge in [0.05, 0.1) is 17.2 Å². The van der Waals surface area contributed by atoms with Gasteiger partial charge in [0.15, 0.2) is 0 Å². The Morgan fingerprint density at radius 3 is 2.60 bits per heavy atom. The zero-order chi connectivity index (χ0) is 20.8. The Balaban J connectivity index is 1.33. The number of rotatable bonds is 8. The molecular formula is C23H22N4O2S. The van der Waals surface area contributed by atoms with Crippen molar-refractivity contribution in [2.75, 3.05) is 0 Å². The molecule has 0 aliphatic rings. The first-order chi connectivity index (χ1) is 14.7. The number of hydrogen-bond donors (Lipinski definition) is 1. The molecule has 152 valence electrons. The predicted octanol–water partition coefficient (Wildman–Crippen LogP) is 4.21. The van der Waals surface area contributed by atoms with E-state index in [4.69, 9.17) is 4.74 Å². The van der Waals surface area contributed by atoms with Gasteiger partial charge in [0.2, 0.25) is 0 Å². The molecular weight excluding hydrogens is 396 g/mol. The molecule has 4 aromatic rings. The molecule has 30 heavy (non-hydrogen) atoms. The van der Waals surface area contributed by atoms with Gasteiger partial charge in [-0.3, -0.25) is 9.48 Å². The third kappa shape index (κ3) is 5.12. The summed E-state index contributed by atoms with van der Waals surface area (Å²) in [5.41, 5.74) is 3.70. The Hall–Kier alpha value is -3.45. The van der Waals surface area contributed by atoms with Gasteiger partial charge in [-0.05, 0) is 48.4 Å². The maximum Gasteiger partial charge on any atom is 0.251 e. The van der Waals surface area contributed by atoms with Crippen LogP contribution < -0.4 is 10.1 Å². The first-order valence-electron chi connectivity index (χ1n) is 9.63. The summed E-state index contributed by atoms with van der Waals surface area (Å²) >= 11 is 1.60. The highest BCUT2D eigenvalue weighted by Gasteiger charge is 2.09. The first kappa shape index (κ1) is 19.8. The van der Waals surface area contributed by atoms with Crippen LogP contribution in [-0.2, 0) is 19.7 Å². The van der Waals surface area contributed by atoms with Crippen molar-refractivity contribution in [1.82, 2.24) is 20.1 Å². The molecule has 7 heteroatoms. The van der Waals surface area contributed by atoms with Crippen LogP contribution in [0.5, 0.6) is 5.75 Å². The van der Waals surface area contributed by atoms with Gasteiger partial charge in [-0.1, -0.05) is 24.3 Å². The lowest BCUT2D eigenvalue weighted by Gasteiger charge is -2.11. The van der Waals surface area contributed by atoms with E-state index in [-0.39, 0.29) is 5.91 Å². The summed E-state index contributed by atoms with van der Waals surface area (Å²) < 4.78 is 7.61. The molecule has 0 spiro atoms. The number of carbonyl (C=O) groups is 1. The van der Waals surface area contributed by atoms with Crippen LogP contribution in [0.15, 0.2) is 72.4 Å². The second-order valence-corrected chi connectivity index (χ2v) is 7.89. The number of benzene rings is 2. The second-order valence-electron chi connectivity index (χ2n) is 6.83. The Bertz CT molecular complexity index is 1100. The van der Waals surface area contributed by atoms with Crippen LogP contribution in [0.25, 0.3) is 0 Å². The number of ether oxygens (including phenoxy) is 1. The number of amides is 1. The normalized spacial score (nSPS) is 10.7. The average Bonchev–Trinajstić information content (AvgIpc) is 3.43. The number of hydrogen-bond acceptors (Lipinski definition) is 5. The fourth-order valence-corrected chi connectivity index (χ4v) is 3.66. The van der Waals surface area contributed by atoms with Crippen LogP contribution in [-0.4, -0.2) is 20.7 Å². The number of thiazole rings is 1. The molecule has 2 aromatic carbocycles. The SMILES string of the molecule is Cc1nc(COc2ccc(C(=O)NCc3ccccc3Cn3cccn3)cc2)cs1. The highest BCUT2D eigenvalue weighted by molar-refractivity contribution is 7.09. The molecule has 0 radical (unpaired) electrons. The van der Waals surface area contributed by atoms with Crippen molar-refractivity contribution in [2.45, 2.75) is 26.6 Å². The minimum absolute atomic E-state index is 0.120. The minimum atomic E-state index is -0.120. The van der Waals surface area contributed by atoms with Gasteiger partial charge in [0.1, 0.15) is 12.4 Å². The second kappa shape index (κ2) is 9.37. The number of nitrogens with zero attached hydrogens (tertiary/aromatic N) is 3. The molecule has 1 amide bonds. The number of nitrogens with one attached hydrogen (secondary N) is 1. The monoisotopic (exact) mass is 418 g/mol. The molecule has 0 unspecified atom stereocenters. The van der Waals surface area contributed by atoms with E-state index in [1.807, 2.05) is 47.4 Å². The standard InChI is InChI=1S/C23H22N4O2S/c1-17-26-21(16-30-17)15-29-22-9-7-18(8-10-22)23(28)24-13-19-5-2-3-6-20(19)14-27-12-4-11-25-27/h2-12,16H,13-15H2,1H3,(H,24,28). The summed E-state index contributed by atoms with van der Waals surface area (Å²) in [7, 11) is 0. The fourth-order valence-electron chi connectivity index (χ4n) is 3.06. The smallest absolute Gasteiger partial charge is 0.251 e. The van der Waals surface area contributed by atoms with Gasteiger partial charge in [-0.15, -0.1) is 11.3 Å². The van der Waals surface area contributed by atoms with Crippen molar-refractivity contribution in [1.29, 1.82) is 0 Å². The predicted molar refractivity (Wildman–Crippen MR) is 117 cm³/mol. The maximum absolute atomic E-state index is 12.6. The van der Waals surface area contributed by atoms with Crippen LogP contribution in [0, 0.1) is 6.92 Å². The van der Waals surface area contributed by atoms with Gasteiger partial charge >= 0.3 is 0 Å². The molecule has 6 nitrogen and oxygen atoms in total. The van der Waals surface area contributed by atoms with E-state index >= 15 is 0 Å². The van der Waals surface area contributed by atoms with E-state index in [2.05, 4.69) is 21.5 Å². The molecule has 0 saturated carbocycles. The summed E-state index contributed by atoms with van der Waals surface area (Å²) in [6, 6.07) is 17.1. The molecule has 0 atom stereocenters. The van der Waals surface area contributed by atoms with E-state index in [0.717, 1.165) is 21.8 Å². The Morgan fingerprint density at radius 2 is 1.90 bits per heavy atom. The molecule has 0 aliphatic carbocycles. The van der Waals surface area contributed by atoms with Gasteiger partial charge < -0.3 is 10.1 Å². The van der Waals surface area contributed by atoms with E-state index in [9.17, 15) is 4.79 Å². The van der Waals surface area contributed by atoms with Crippen LogP contribution in [0.3, 0.4) is 0 Å². The highest BCUT2D eigenvalue weighted by atomic mass is 32.1. The van der Waals surface area contributed by atoms with Gasteiger partial charge in [0, 0.05) is 29.9 Å².